The van der Waals surface area contributed by atoms with Crippen LogP contribution in [0.1, 0.15) is 46.5 Å². The van der Waals surface area contributed by atoms with Gasteiger partial charge in [0, 0.05) is 49.7 Å². The molecule has 6 aliphatic carbocycles. The van der Waals surface area contributed by atoms with Crippen molar-refractivity contribution in [3.05, 3.63) is 12.2 Å². The number of fused-ring (bicyclic) bond motifs is 1. The molecule has 30 heavy (non-hydrogen) atoms. The zero-order valence-electron chi connectivity index (χ0n) is 18.0. The molecule has 13 unspecified atom stereocenters. The van der Waals surface area contributed by atoms with Crippen LogP contribution in [0.15, 0.2) is 12.2 Å². The molecule has 0 aromatic carbocycles. The van der Waals surface area contributed by atoms with Gasteiger partial charge in [0.1, 0.15) is 12.2 Å². The quantitative estimate of drug-likeness (QED) is 0.551. The molecule has 162 valence electrons. The number of hydrogen-bond donors (Lipinski definition) is 1. The molecule has 9 fully saturated rings. The highest BCUT2D eigenvalue weighted by Gasteiger charge is 2.90. The van der Waals surface area contributed by atoms with Crippen LogP contribution in [-0.2, 0) is 19.1 Å². The Morgan fingerprint density at radius 2 is 1.87 bits per heavy atom. The number of carbonyl (C=O) groups is 2. The number of rotatable bonds is 2. The Kier molecular flexibility index (Phi) is 3.02. The highest BCUT2D eigenvalue weighted by molar-refractivity contribution is 5.67. The number of hydrogen-bond acceptors (Lipinski definition) is 6. The summed E-state index contributed by atoms with van der Waals surface area (Å²) in [5.41, 5.74) is 1.10. The van der Waals surface area contributed by atoms with E-state index >= 15 is 0 Å². The first-order valence-electron chi connectivity index (χ1n) is 11.6. The summed E-state index contributed by atoms with van der Waals surface area (Å²) in [5, 5.41) is 11.8. The molecule has 13 atom stereocenters. The lowest BCUT2D eigenvalue weighted by molar-refractivity contribution is -0.223. The number of ether oxygens (including phenoxy) is 2. The molecule has 0 radical (unpaired) electrons. The predicted molar refractivity (Wildman–Crippen MR) is 106 cm³/mol. The Bertz CT molecular complexity index is 917. The lowest BCUT2D eigenvalue weighted by atomic mass is 9.39. The molecule has 0 amide bonds. The molecule has 9 rings (SSSR count). The summed E-state index contributed by atoms with van der Waals surface area (Å²) >= 11 is 0. The summed E-state index contributed by atoms with van der Waals surface area (Å²) in [5.74, 6) is 0.341. The smallest absolute Gasteiger partial charge is 0.302 e. The minimum atomic E-state index is -0.529. The zero-order chi connectivity index (χ0) is 21.0. The van der Waals surface area contributed by atoms with Crippen LogP contribution in [0.5, 0.6) is 0 Å². The Morgan fingerprint density at radius 1 is 1.13 bits per heavy atom. The monoisotopic (exact) mass is 413 g/mol. The third-order valence-corrected chi connectivity index (χ3v) is 10.7. The van der Waals surface area contributed by atoms with Crippen LogP contribution in [0, 0.1) is 39.9 Å². The summed E-state index contributed by atoms with van der Waals surface area (Å²) < 4.78 is 11.8. The number of nitrogens with zero attached hydrogens (tertiary/aromatic N) is 1. The van der Waals surface area contributed by atoms with Gasteiger partial charge in [0.2, 0.25) is 0 Å². The minimum absolute atomic E-state index is 0.0307. The van der Waals surface area contributed by atoms with E-state index < -0.39 is 6.10 Å². The summed E-state index contributed by atoms with van der Waals surface area (Å²) in [6.45, 7) is 10.7. The molecule has 9 bridgehead atoms. The number of piperidine rings is 2. The Labute approximate surface area is 177 Å². The number of esters is 2. The topological polar surface area (TPSA) is 76.1 Å². The molecule has 2 spiro atoms. The second-order valence-corrected chi connectivity index (χ2v) is 11.9. The summed E-state index contributed by atoms with van der Waals surface area (Å²) in [6, 6.07) is 0.855. The van der Waals surface area contributed by atoms with Gasteiger partial charge < -0.3 is 14.6 Å². The molecule has 0 aromatic heterocycles. The fourth-order valence-electron chi connectivity index (χ4n) is 11.3. The van der Waals surface area contributed by atoms with Crippen molar-refractivity contribution in [2.45, 2.75) is 76.9 Å². The molecular formula is C24H31NO5. The van der Waals surface area contributed by atoms with Gasteiger partial charge in [0.15, 0.2) is 0 Å². The lowest BCUT2D eigenvalue weighted by Gasteiger charge is -2.66. The van der Waals surface area contributed by atoms with E-state index in [0.717, 1.165) is 37.8 Å². The minimum Gasteiger partial charge on any atom is -0.463 e. The highest BCUT2D eigenvalue weighted by Crippen LogP contribution is 2.87. The van der Waals surface area contributed by atoms with Crippen LogP contribution >= 0.6 is 0 Å². The van der Waals surface area contributed by atoms with E-state index in [1.165, 1.54) is 13.8 Å². The van der Waals surface area contributed by atoms with E-state index in [9.17, 15) is 14.7 Å². The van der Waals surface area contributed by atoms with Crippen molar-refractivity contribution >= 4 is 11.9 Å². The van der Waals surface area contributed by atoms with E-state index in [0.29, 0.717) is 18.0 Å². The van der Waals surface area contributed by atoms with Crippen molar-refractivity contribution in [2.24, 2.45) is 39.9 Å². The van der Waals surface area contributed by atoms with Crippen molar-refractivity contribution in [3.8, 4) is 0 Å². The molecule has 0 aromatic rings. The maximum absolute atomic E-state index is 12.1. The van der Waals surface area contributed by atoms with Gasteiger partial charge in [-0.2, -0.15) is 0 Å². The number of carbonyl (C=O) groups excluding carboxylic acids is 2. The van der Waals surface area contributed by atoms with Crippen LogP contribution < -0.4 is 0 Å². The summed E-state index contributed by atoms with van der Waals surface area (Å²) in [7, 11) is 0. The van der Waals surface area contributed by atoms with Crippen molar-refractivity contribution in [1.29, 1.82) is 0 Å². The standard InChI is InChI=1S/C24H31NO5/c1-10-5-23-8-14-19-22(4)6-13(29-11(2)26)7-24(19)20(23)17(28)15(10)18(30-12(3)27)16(23)21(24)25(14)9-22/h13-21,28H,1,5-9H2,2-4H3. The van der Waals surface area contributed by atoms with E-state index in [2.05, 4.69) is 18.4 Å². The first kappa shape index (κ1) is 18.2. The second kappa shape index (κ2) is 4.98. The summed E-state index contributed by atoms with van der Waals surface area (Å²) in [4.78, 5) is 26.7. The van der Waals surface area contributed by atoms with Crippen LogP contribution in [0.25, 0.3) is 0 Å². The maximum atomic E-state index is 12.1. The van der Waals surface area contributed by atoms with Gasteiger partial charge in [0.25, 0.3) is 0 Å². The van der Waals surface area contributed by atoms with Gasteiger partial charge in [-0.15, -0.1) is 0 Å². The Balaban J connectivity index is 1.43. The van der Waals surface area contributed by atoms with Gasteiger partial charge >= 0.3 is 11.9 Å². The second-order valence-electron chi connectivity index (χ2n) is 11.9. The van der Waals surface area contributed by atoms with Crippen LogP contribution in [-0.4, -0.2) is 58.9 Å². The van der Waals surface area contributed by atoms with Crippen molar-refractivity contribution < 1.29 is 24.2 Å². The van der Waals surface area contributed by atoms with Crippen molar-refractivity contribution in [2.75, 3.05) is 6.54 Å². The van der Waals surface area contributed by atoms with Crippen LogP contribution in [0.4, 0.5) is 0 Å². The van der Waals surface area contributed by atoms with Gasteiger partial charge in [-0.25, -0.2) is 0 Å². The molecule has 6 nitrogen and oxygen atoms in total. The molecule has 9 aliphatic rings. The van der Waals surface area contributed by atoms with E-state index in [-0.39, 0.29) is 58.1 Å². The molecule has 3 aliphatic heterocycles. The fraction of sp³-hybridized carbons (Fsp3) is 0.833. The van der Waals surface area contributed by atoms with Gasteiger partial charge in [-0.1, -0.05) is 19.1 Å². The Morgan fingerprint density at radius 3 is 2.57 bits per heavy atom. The fourth-order valence-corrected chi connectivity index (χ4v) is 11.3. The molecule has 3 saturated heterocycles. The molecule has 6 heteroatoms. The predicted octanol–water partition coefficient (Wildman–Crippen LogP) is 1.91. The summed E-state index contributed by atoms with van der Waals surface area (Å²) in [6.07, 6.45) is 2.91. The van der Waals surface area contributed by atoms with Crippen molar-refractivity contribution in [3.63, 3.8) is 0 Å². The number of aliphatic hydroxyl groups is 1. The average Bonchev–Trinajstić information content (AvgIpc) is 3.02. The average molecular weight is 414 g/mol. The van der Waals surface area contributed by atoms with Crippen LogP contribution in [0.2, 0.25) is 0 Å². The largest absolute Gasteiger partial charge is 0.463 e. The molecule has 6 saturated carbocycles. The molecule has 1 N–H and O–H groups in total. The normalized spacial score (nSPS) is 62.7. The molecule has 3 heterocycles. The SMILES string of the molecule is C=C1CC23CC4C5C6(C)CC(OC(C)=O)CC57C(C2C(OC(C)=O)C1C(O)C37)N4C6. The van der Waals surface area contributed by atoms with Gasteiger partial charge in [-0.3, -0.25) is 14.5 Å². The third-order valence-electron chi connectivity index (χ3n) is 10.7. The van der Waals surface area contributed by atoms with Gasteiger partial charge in [-0.05, 0) is 48.3 Å². The van der Waals surface area contributed by atoms with E-state index in [4.69, 9.17) is 9.47 Å². The van der Waals surface area contributed by atoms with Gasteiger partial charge in [0.05, 0.1) is 6.10 Å². The van der Waals surface area contributed by atoms with Crippen LogP contribution in [0.3, 0.4) is 0 Å². The zero-order valence-corrected chi connectivity index (χ0v) is 18.0. The molecular weight excluding hydrogens is 382 g/mol. The first-order valence-corrected chi connectivity index (χ1v) is 11.6. The third kappa shape index (κ3) is 1.62. The highest BCUT2D eigenvalue weighted by atomic mass is 16.5. The maximum Gasteiger partial charge on any atom is 0.302 e. The van der Waals surface area contributed by atoms with E-state index in [1.54, 1.807) is 0 Å². The Hall–Kier alpha value is -1.40. The number of aliphatic hydroxyl groups excluding tert-OH is 1. The lowest BCUT2D eigenvalue weighted by Crippen LogP contribution is -2.68. The first-order chi connectivity index (χ1) is 14.1. The van der Waals surface area contributed by atoms with E-state index in [1.807, 2.05) is 0 Å². The van der Waals surface area contributed by atoms with Crippen molar-refractivity contribution in [1.82, 2.24) is 4.90 Å².